The largest absolute Gasteiger partial charge is 0.481 e. The summed E-state index contributed by atoms with van der Waals surface area (Å²) in [5.74, 6) is -1.10. The lowest BCUT2D eigenvalue weighted by atomic mass is 10.2. The Labute approximate surface area is 77.0 Å². The Balaban J connectivity index is 2.18. The molecule has 0 saturated heterocycles. The summed E-state index contributed by atoms with van der Waals surface area (Å²) in [7, 11) is 0. The molecule has 1 unspecified atom stereocenters. The van der Waals surface area contributed by atoms with Crippen LogP contribution in [0.4, 0.5) is 0 Å². The Bertz CT molecular complexity index is 257. The number of carboxylic acid groups (broad SMARTS) is 1. The number of aromatic amines is 1. The minimum absolute atomic E-state index is 0.334. The number of hydrogen-bond acceptors (Lipinski definition) is 2. The molecule has 0 bridgehead atoms. The minimum Gasteiger partial charge on any atom is -0.481 e. The van der Waals surface area contributed by atoms with Gasteiger partial charge in [-0.25, -0.2) is 0 Å². The van der Waals surface area contributed by atoms with Gasteiger partial charge in [0.25, 0.3) is 0 Å². The normalized spacial score (nSPS) is 12.7. The van der Waals surface area contributed by atoms with E-state index in [0.717, 1.165) is 5.56 Å². The van der Waals surface area contributed by atoms with E-state index in [0.29, 0.717) is 13.1 Å². The molecule has 0 amide bonds. The molecule has 1 heterocycles. The maximum atomic E-state index is 10.4. The van der Waals surface area contributed by atoms with E-state index in [1.165, 1.54) is 0 Å². The fraction of sp³-hybridized carbons (Fsp3) is 0.444. The summed E-state index contributed by atoms with van der Waals surface area (Å²) in [4.78, 5) is 13.4. The van der Waals surface area contributed by atoms with E-state index in [9.17, 15) is 4.79 Å². The summed E-state index contributed by atoms with van der Waals surface area (Å²) in [6.45, 7) is 2.90. The van der Waals surface area contributed by atoms with Crippen LogP contribution >= 0.6 is 0 Å². The van der Waals surface area contributed by atoms with E-state index in [1.807, 2.05) is 18.5 Å². The zero-order valence-corrected chi connectivity index (χ0v) is 7.58. The van der Waals surface area contributed by atoms with E-state index >= 15 is 0 Å². The van der Waals surface area contributed by atoms with E-state index < -0.39 is 5.97 Å². The van der Waals surface area contributed by atoms with Gasteiger partial charge >= 0.3 is 5.97 Å². The van der Waals surface area contributed by atoms with Gasteiger partial charge in [0.2, 0.25) is 0 Å². The van der Waals surface area contributed by atoms with Crippen molar-refractivity contribution in [3.8, 4) is 0 Å². The van der Waals surface area contributed by atoms with Crippen molar-refractivity contribution in [1.82, 2.24) is 10.3 Å². The van der Waals surface area contributed by atoms with Gasteiger partial charge < -0.3 is 15.4 Å². The summed E-state index contributed by atoms with van der Waals surface area (Å²) in [5.41, 5.74) is 1.14. The molecule has 72 valence electrons. The SMILES string of the molecule is CC(CNCc1cc[nH]c1)C(=O)O. The van der Waals surface area contributed by atoms with E-state index in [4.69, 9.17) is 5.11 Å². The van der Waals surface area contributed by atoms with Crippen molar-refractivity contribution in [2.24, 2.45) is 5.92 Å². The summed E-state index contributed by atoms with van der Waals surface area (Å²) in [6.07, 6.45) is 3.73. The Morgan fingerprint density at radius 3 is 3.08 bits per heavy atom. The first-order chi connectivity index (χ1) is 6.20. The Morgan fingerprint density at radius 2 is 2.54 bits per heavy atom. The zero-order valence-electron chi connectivity index (χ0n) is 7.58. The molecule has 0 aliphatic carbocycles. The fourth-order valence-electron chi connectivity index (χ4n) is 0.989. The number of H-pyrrole nitrogens is 1. The molecule has 4 heteroatoms. The van der Waals surface area contributed by atoms with Crippen LogP contribution in [0.5, 0.6) is 0 Å². The lowest BCUT2D eigenvalue weighted by Crippen LogP contribution is -2.25. The standard InChI is InChI=1S/C9H14N2O2/c1-7(9(12)13)4-11-6-8-2-3-10-5-8/h2-3,5,7,10-11H,4,6H2,1H3,(H,12,13). The highest BCUT2D eigenvalue weighted by molar-refractivity contribution is 5.69. The Kier molecular flexibility index (Phi) is 3.52. The molecule has 0 aromatic carbocycles. The third-order valence-corrected chi connectivity index (χ3v) is 1.86. The minimum atomic E-state index is -0.762. The number of hydrogen-bond donors (Lipinski definition) is 3. The lowest BCUT2D eigenvalue weighted by Gasteiger charge is -2.06. The molecule has 1 aromatic heterocycles. The van der Waals surface area contributed by atoms with Crippen LogP contribution < -0.4 is 5.32 Å². The summed E-state index contributed by atoms with van der Waals surface area (Å²) < 4.78 is 0. The molecule has 0 radical (unpaired) electrons. The number of carboxylic acids is 1. The van der Waals surface area contributed by atoms with Crippen molar-refractivity contribution in [2.45, 2.75) is 13.5 Å². The Hall–Kier alpha value is -1.29. The number of carbonyl (C=O) groups is 1. The predicted octanol–water partition coefficient (Wildman–Crippen LogP) is 0.825. The van der Waals surface area contributed by atoms with Gasteiger partial charge in [-0.05, 0) is 11.6 Å². The number of rotatable bonds is 5. The maximum absolute atomic E-state index is 10.4. The van der Waals surface area contributed by atoms with Gasteiger partial charge in [0.05, 0.1) is 5.92 Å². The molecule has 0 spiro atoms. The van der Waals surface area contributed by atoms with Gasteiger partial charge in [0.1, 0.15) is 0 Å². The average Bonchev–Trinajstić information content (AvgIpc) is 2.56. The van der Waals surface area contributed by atoms with Crippen molar-refractivity contribution >= 4 is 5.97 Å². The second kappa shape index (κ2) is 4.67. The highest BCUT2D eigenvalue weighted by Gasteiger charge is 2.09. The highest BCUT2D eigenvalue weighted by Crippen LogP contribution is 1.97. The number of aromatic nitrogens is 1. The molecule has 3 N–H and O–H groups in total. The number of nitrogens with one attached hydrogen (secondary N) is 2. The van der Waals surface area contributed by atoms with Crippen LogP contribution in [0.3, 0.4) is 0 Å². The molecule has 1 aromatic rings. The third kappa shape index (κ3) is 3.29. The summed E-state index contributed by atoms with van der Waals surface area (Å²) >= 11 is 0. The van der Waals surface area contributed by atoms with Crippen LogP contribution in [0.1, 0.15) is 12.5 Å². The lowest BCUT2D eigenvalue weighted by molar-refractivity contribution is -0.140. The molecule has 1 rings (SSSR count). The smallest absolute Gasteiger partial charge is 0.307 e. The molecular formula is C9H14N2O2. The molecule has 4 nitrogen and oxygen atoms in total. The van der Waals surface area contributed by atoms with Gasteiger partial charge in [-0.1, -0.05) is 6.92 Å². The van der Waals surface area contributed by atoms with Gasteiger partial charge in [-0.2, -0.15) is 0 Å². The van der Waals surface area contributed by atoms with Crippen molar-refractivity contribution in [2.75, 3.05) is 6.54 Å². The van der Waals surface area contributed by atoms with Gasteiger partial charge in [-0.15, -0.1) is 0 Å². The van der Waals surface area contributed by atoms with Gasteiger partial charge in [-0.3, -0.25) is 4.79 Å². The molecule has 0 aliphatic heterocycles. The number of aliphatic carboxylic acids is 1. The van der Waals surface area contributed by atoms with Crippen molar-refractivity contribution in [1.29, 1.82) is 0 Å². The van der Waals surface area contributed by atoms with Crippen LogP contribution in [0.15, 0.2) is 18.5 Å². The summed E-state index contributed by atoms with van der Waals surface area (Å²) in [5, 5.41) is 11.7. The second-order valence-electron chi connectivity index (χ2n) is 3.09. The maximum Gasteiger partial charge on any atom is 0.307 e. The predicted molar refractivity (Wildman–Crippen MR) is 49.3 cm³/mol. The molecule has 1 atom stereocenters. The second-order valence-corrected chi connectivity index (χ2v) is 3.09. The van der Waals surface area contributed by atoms with Crippen molar-refractivity contribution in [3.05, 3.63) is 24.0 Å². The quantitative estimate of drug-likeness (QED) is 0.631. The molecular weight excluding hydrogens is 168 g/mol. The third-order valence-electron chi connectivity index (χ3n) is 1.86. The average molecular weight is 182 g/mol. The van der Waals surface area contributed by atoms with E-state index in [-0.39, 0.29) is 5.92 Å². The first-order valence-corrected chi connectivity index (χ1v) is 4.25. The molecule has 13 heavy (non-hydrogen) atoms. The van der Waals surface area contributed by atoms with E-state index in [1.54, 1.807) is 6.92 Å². The highest BCUT2D eigenvalue weighted by atomic mass is 16.4. The van der Waals surface area contributed by atoms with Crippen LogP contribution in [-0.4, -0.2) is 22.6 Å². The zero-order chi connectivity index (χ0) is 9.68. The molecule has 0 saturated carbocycles. The Morgan fingerprint density at radius 1 is 1.77 bits per heavy atom. The van der Waals surface area contributed by atoms with Gasteiger partial charge in [0.15, 0.2) is 0 Å². The van der Waals surface area contributed by atoms with Gasteiger partial charge in [0, 0.05) is 25.5 Å². The topological polar surface area (TPSA) is 65.1 Å². The van der Waals surface area contributed by atoms with Crippen molar-refractivity contribution < 1.29 is 9.90 Å². The van der Waals surface area contributed by atoms with Crippen LogP contribution in [-0.2, 0) is 11.3 Å². The molecule has 0 aliphatic rings. The monoisotopic (exact) mass is 182 g/mol. The van der Waals surface area contributed by atoms with E-state index in [2.05, 4.69) is 10.3 Å². The van der Waals surface area contributed by atoms with Crippen LogP contribution in [0.2, 0.25) is 0 Å². The first kappa shape index (κ1) is 9.80. The molecule has 0 fully saturated rings. The fourth-order valence-corrected chi connectivity index (χ4v) is 0.989. The van der Waals surface area contributed by atoms with Crippen molar-refractivity contribution in [3.63, 3.8) is 0 Å². The summed E-state index contributed by atoms with van der Waals surface area (Å²) in [6, 6.07) is 1.96. The van der Waals surface area contributed by atoms with Crippen LogP contribution in [0, 0.1) is 5.92 Å². The van der Waals surface area contributed by atoms with Crippen LogP contribution in [0.25, 0.3) is 0 Å². The first-order valence-electron chi connectivity index (χ1n) is 4.25.